The molecule has 0 aromatic heterocycles. The molecule has 16 heavy (non-hydrogen) atoms. The average Bonchev–Trinajstić information content (AvgIpc) is 2.23. The van der Waals surface area contributed by atoms with Crippen LogP contribution in [0.4, 0.5) is 11.4 Å². The van der Waals surface area contributed by atoms with Crippen molar-refractivity contribution in [2.75, 3.05) is 23.9 Å². The maximum absolute atomic E-state index is 10.7. The number of rotatable bonds is 6. The van der Waals surface area contributed by atoms with Crippen molar-refractivity contribution in [1.82, 2.24) is 0 Å². The van der Waals surface area contributed by atoms with Gasteiger partial charge in [-0.15, -0.1) is 0 Å². The van der Waals surface area contributed by atoms with Crippen molar-refractivity contribution in [3.63, 3.8) is 0 Å². The van der Waals surface area contributed by atoms with Gasteiger partial charge in [0.25, 0.3) is 5.69 Å². The standard InChI is InChI=1S/C11H16N2O2S/c1-9-6-10(12-4-3-5-16-2)8-11(7-9)13(14)15/h6-8,12H,3-5H2,1-2H3. The van der Waals surface area contributed by atoms with Gasteiger partial charge in [-0.2, -0.15) is 11.8 Å². The molecule has 88 valence electrons. The normalized spacial score (nSPS) is 10.1. The van der Waals surface area contributed by atoms with Gasteiger partial charge >= 0.3 is 0 Å². The summed E-state index contributed by atoms with van der Waals surface area (Å²) in [6, 6.07) is 5.07. The Balaban J connectivity index is 2.62. The van der Waals surface area contributed by atoms with E-state index in [1.165, 1.54) is 0 Å². The van der Waals surface area contributed by atoms with Crippen molar-refractivity contribution in [2.24, 2.45) is 0 Å². The van der Waals surface area contributed by atoms with Crippen LogP contribution in [0.5, 0.6) is 0 Å². The molecule has 1 rings (SSSR count). The Morgan fingerprint density at radius 2 is 2.19 bits per heavy atom. The van der Waals surface area contributed by atoms with Crippen molar-refractivity contribution >= 4 is 23.1 Å². The van der Waals surface area contributed by atoms with Gasteiger partial charge in [0.05, 0.1) is 4.92 Å². The number of nitrogens with one attached hydrogen (secondary N) is 1. The van der Waals surface area contributed by atoms with Crippen molar-refractivity contribution in [1.29, 1.82) is 0 Å². The van der Waals surface area contributed by atoms with Gasteiger partial charge in [0, 0.05) is 24.4 Å². The molecule has 0 unspecified atom stereocenters. The number of aryl methyl sites for hydroxylation is 1. The highest BCUT2D eigenvalue weighted by atomic mass is 32.2. The van der Waals surface area contributed by atoms with E-state index in [4.69, 9.17) is 0 Å². The zero-order valence-corrected chi connectivity index (χ0v) is 10.3. The molecule has 1 aromatic carbocycles. The van der Waals surface area contributed by atoms with Crippen LogP contribution < -0.4 is 5.32 Å². The maximum Gasteiger partial charge on any atom is 0.271 e. The first-order chi connectivity index (χ1) is 7.63. The minimum atomic E-state index is -0.361. The van der Waals surface area contributed by atoms with E-state index in [0.717, 1.165) is 30.0 Å². The van der Waals surface area contributed by atoms with E-state index in [1.54, 1.807) is 23.9 Å². The lowest BCUT2D eigenvalue weighted by Crippen LogP contribution is -2.03. The van der Waals surface area contributed by atoms with E-state index >= 15 is 0 Å². The van der Waals surface area contributed by atoms with Gasteiger partial charge in [0.2, 0.25) is 0 Å². The molecule has 0 saturated carbocycles. The zero-order valence-electron chi connectivity index (χ0n) is 9.53. The van der Waals surface area contributed by atoms with Gasteiger partial charge < -0.3 is 5.32 Å². The Bertz CT molecular complexity index is 369. The fourth-order valence-corrected chi connectivity index (χ4v) is 1.85. The second kappa shape index (κ2) is 6.37. The lowest BCUT2D eigenvalue weighted by molar-refractivity contribution is -0.384. The Kier molecular flexibility index (Phi) is 5.11. The summed E-state index contributed by atoms with van der Waals surface area (Å²) < 4.78 is 0. The Labute approximate surface area is 99.6 Å². The average molecular weight is 240 g/mol. The molecule has 0 fully saturated rings. The van der Waals surface area contributed by atoms with E-state index in [-0.39, 0.29) is 10.6 Å². The van der Waals surface area contributed by atoms with Crippen molar-refractivity contribution < 1.29 is 4.92 Å². The molecule has 5 heteroatoms. The summed E-state index contributed by atoms with van der Waals surface area (Å²) in [6.45, 7) is 2.71. The van der Waals surface area contributed by atoms with E-state index in [1.807, 2.05) is 13.0 Å². The third-order valence-corrected chi connectivity index (χ3v) is 2.82. The van der Waals surface area contributed by atoms with Crippen LogP contribution in [-0.2, 0) is 0 Å². The van der Waals surface area contributed by atoms with E-state index in [9.17, 15) is 10.1 Å². The largest absolute Gasteiger partial charge is 0.385 e. The van der Waals surface area contributed by atoms with Crippen molar-refractivity contribution in [3.8, 4) is 0 Å². The van der Waals surface area contributed by atoms with Gasteiger partial charge in [-0.25, -0.2) is 0 Å². The van der Waals surface area contributed by atoms with Crippen LogP contribution in [-0.4, -0.2) is 23.5 Å². The van der Waals surface area contributed by atoms with Crippen LogP contribution in [0.25, 0.3) is 0 Å². The third kappa shape index (κ3) is 4.10. The van der Waals surface area contributed by atoms with Crippen molar-refractivity contribution in [3.05, 3.63) is 33.9 Å². The summed E-state index contributed by atoms with van der Waals surface area (Å²) in [6.07, 6.45) is 3.13. The summed E-state index contributed by atoms with van der Waals surface area (Å²) in [7, 11) is 0. The molecule has 0 bridgehead atoms. The molecule has 4 nitrogen and oxygen atoms in total. The molecule has 0 aliphatic carbocycles. The van der Waals surface area contributed by atoms with Crippen LogP contribution >= 0.6 is 11.8 Å². The topological polar surface area (TPSA) is 55.2 Å². The number of nitro groups is 1. The number of hydrogen-bond acceptors (Lipinski definition) is 4. The van der Waals surface area contributed by atoms with Crippen LogP contribution in [0.15, 0.2) is 18.2 Å². The number of thioether (sulfide) groups is 1. The predicted molar refractivity (Wildman–Crippen MR) is 69.3 cm³/mol. The first-order valence-electron chi connectivity index (χ1n) is 5.12. The van der Waals surface area contributed by atoms with Crippen LogP contribution in [0, 0.1) is 17.0 Å². The number of anilines is 1. The monoisotopic (exact) mass is 240 g/mol. The van der Waals surface area contributed by atoms with Gasteiger partial charge in [0.15, 0.2) is 0 Å². The molecule has 0 aliphatic heterocycles. The van der Waals surface area contributed by atoms with E-state index in [0.29, 0.717) is 0 Å². The van der Waals surface area contributed by atoms with Gasteiger partial charge in [0.1, 0.15) is 0 Å². The van der Waals surface area contributed by atoms with E-state index in [2.05, 4.69) is 11.6 Å². The number of nitro benzene ring substituents is 1. The summed E-state index contributed by atoms with van der Waals surface area (Å²) in [4.78, 5) is 10.3. The molecule has 1 aromatic rings. The first-order valence-corrected chi connectivity index (χ1v) is 6.52. The molecule has 0 spiro atoms. The third-order valence-electron chi connectivity index (χ3n) is 2.13. The van der Waals surface area contributed by atoms with Gasteiger partial charge in [-0.3, -0.25) is 10.1 Å². The summed E-state index contributed by atoms with van der Waals surface area (Å²) >= 11 is 1.80. The van der Waals surface area contributed by atoms with Gasteiger partial charge in [-0.05, 0) is 37.0 Å². The smallest absolute Gasteiger partial charge is 0.271 e. The SMILES string of the molecule is CSCCCNc1cc(C)cc([N+](=O)[O-])c1. The summed E-state index contributed by atoms with van der Waals surface area (Å²) in [5.41, 5.74) is 1.88. The fourth-order valence-electron chi connectivity index (χ4n) is 1.42. The Morgan fingerprint density at radius 1 is 1.44 bits per heavy atom. The molecule has 0 saturated heterocycles. The number of nitrogens with zero attached hydrogens (tertiary/aromatic N) is 1. The molecule has 0 atom stereocenters. The molecule has 0 amide bonds. The highest BCUT2D eigenvalue weighted by Gasteiger charge is 2.07. The van der Waals surface area contributed by atoms with Crippen LogP contribution in [0.1, 0.15) is 12.0 Å². The molecule has 0 aliphatic rings. The predicted octanol–water partition coefficient (Wildman–Crippen LogP) is 3.07. The van der Waals surface area contributed by atoms with E-state index < -0.39 is 0 Å². The lowest BCUT2D eigenvalue weighted by atomic mass is 10.2. The molecular weight excluding hydrogens is 224 g/mol. The highest BCUT2D eigenvalue weighted by Crippen LogP contribution is 2.20. The molecule has 0 radical (unpaired) electrons. The minimum Gasteiger partial charge on any atom is -0.385 e. The first kappa shape index (κ1) is 12.8. The second-order valence-corrected chi connectivity index (χ2v) is 4.57. The highest BCUT2D eigenvalue weighted by molar-refractivity contribution is 7.98. The summed E-state index contributed by atoms with van der Waals surface area (Å²) in [5.74, 6) is 1.10. The second-order valence-electron chi connectivity index (χ2n) is 3.59. The Hall–Kier alpha value is -1.23. The minimum absolute atomic E-state index is 0.146. The van der Waals surface area contributed by atoms with Gasteiger partial charge in [-0.1, -0.05) is 0 Å². The number of hydrogen-bond donors (Lipinski definition) is 1. The van der Waals surface area contributed by atoms with Crippen LogP contribution in [0.2, 0.25) is 0 Å². The molecule has 1 N–H and O–H groups in total. The van der Waals surface area contributed by atoms with Crippen molar-refractivity contribution in [2.45, 2.75) is 13.3 Å². The number of benzene rings is 1. The fraction of sp³-hybridized carbons (Fsp3) is 0.455. The maximum atomic E-state index is 10.7. The molecular formula is C11H16N2O2S. The lowest BCUT2D eigenvalue weighted by Gasteiger charge is -2.06. The molecule has 0 heterocycles. The zero-order chi connectivity index (χ0) is 12.0. The number of non-ortho nitro benzene ring substituents is 1. The summed E-state index contributed by atoms with van der Waals surface area (Å²) in [5, 5.41) is 13.9. The van der Waals surface area contributed by atoms with Crippen LogP contribution in [0.3, 0.4) is 0 Å². The quantitative estimate of drug-likeness (QED) is 0.471. The Morgan fingerprint density at radius 3 is 2.81 bits per heavy atom.